The van der Waals surface area contributed by atoms with E-state index >= 15 is 0 Å². The first-order valence-corrected chi connectivity index (χ1v) is 7.07. The number of nitrogens with one attached hydrogen (secondary N) is 1. The monoisotopic (exact) mass is 293 g/mol. The molecule has 0 fully saturated rings. The zero-order valence-corrected chi connectivity index (χ0v) is 12.9. The van der Waals surface area contributed by atoms with Gasteiger partial charge in [-0.3, -0.25) is 4.79 Å². The van der Waals surface area contributed by atoms with Crippen LogP contribution in [0.15, 0.2) is 24.3 Å². The van der Waals surface area contributed by atoms with Gasteiger partial charge in [-0.2, -0.15) is 0 Å². The zero-order valence-electron chi connectivity index (χ0n) is 12.9. The summed E-state index contributed by atoms with van der Waals surface area (Å²) in [5.74, 6) is -0.643. The van der Waals surface area contributed by atoms with Crippen molar-refractivity contribution in [2.75, 3.05) is 6.61 Å². The second-order valence-electron chi connectivity index (χ2n) is 5.77. The van der Waals surface area contributed by atoms with Crippen molar-refractivity contribution >= 4 is 11.9 Å². The lowest BCUT2D eigenvalue weighted by molar-refractivity contribution is -0.140. The van der Waals surface area contributed by atoms with E-state index in [0.717, 1.165) is 0 Å². The van der Waals surface area contributed by atoms with E-state index in [1.807, 2.05) is 13.8 Å². The molecule has 0 bridgehead atoms. The molecule has 0 aliphatic heterocycles. The average Bonchev–Trinajstić information content (AvgIpc) is 2.41. The molecule has 0 spiro atoms. The molecule has 1 aromatic carbocycles. The quantitative estimate of drug-likeness (QED) is 0.810. The zero-order chi connectivity index (χ0) is 16.0. The second-order valence-corrected chi connectivity index (χ2v) is 5.77. The topological polar surface area (TPSA) is 75.6 Å². The van der Waals surface area contributed by atoms with Gasteiger partial charge in [-0.05, 0) is 30.0 Å². The molecule has 0 unspecified atom stereocenters. The number of rotatable bonds is 7. The summed E-state index contributed by atoms with van der Waals surface area (Å²) in [5.41, 5.74) is 0.392. The third-order valence-corrected chi connectivity index (χ3v) is 2.90. The van der Waals surface area contributed by atoms with Crippen molar-refractivity contribution in [3.63, 3.8) is 0 Å². The smallest absolute Gasteiger partial charge is 0.326 e. The first-order valence-electron chi connectivity index (χ1n) is 7.07. The standard InChI is InChI=1S/C16H23NO4/c1-10(2)9-21-13-7-5-6-12(8-13)15(18)17-14(11(3)4)16(19)20/h5-8,10-11,14H,9H2,1-4H3,(H,17,18)(H,19,20)/t14-/m1/s1. The van der Waals surface area contributed by atoms with E-state index < -0.39 is 17.9 Å². The molecule has 21 heavy (non-hydrogen) atoms. The number of hydrogen-bond acceptors (Lipinski definition) is 3. The Labute approximate surface area is 125 Å². The summed E-state index contributed by atoms with van der Waals surface area (Å²) >= 11 is 0. The van der Waals surface area contributed by atoms with Crippen molar-refractivity contribution in [1.29, 1.82) is 0 Å². The van der Waals surface area contributed by atoms with E-state index in [-0.39, 0.29) is 5.92 Å². The minimum atomic E-state index is -1.04. The highest BCUT2D eigenvalue weighted by atomic mass is 16.5. The van der Waals surface area contributed by atoms with Crippen LogP contribution in [0.5, 0.6) is 5.75 Å². The maximum absolute atomic E-state index is 12.1. The largest absolute Gasteiger partial charge is 0.493 e. The maximum Gasteiger partial charge on any atom is 0.326 e. The lowest BCUT2D eigenvalue weighted by Crippen LogP contribution is -2.44. The van der Waals surface area contributed by atoms with Gasteiger partial charge in [0, 0.05) is 5.56 Å². The molecule has 1 rings (SSSR count). The summed E-state index contributed by atoms with van der Waals surface area (Å²) in [7, 11) is 0. The lowest BCUT2D eigenvalue weighted by Gasteiger charge is -2.18. The van der Waals surface area contributed by atoms with Crippen molar-refractivity contribution in [3.05, 3.63) is 29.8 Å². The van der Waals surface area contributed by atoms with Crippen LogP contribution in [0, 0.1) is 11.8 Å². The molecular weight excluding hydrogens is 270 g/mol. The third-order valence-electron chi connectivity index (χ3n) is 2.90. The summed E-state index contributed by atoms with van der Waals surface area (Å²) < 4.78 is 5.56. The molecule has 0 saturated carbocycles. The lowest BCUT2D eigenvalue weighted by atomic mass is 10.0. The Bertz CT molecular complexity index is 497. The molecule has 5 heteroatoms. The van der Waals surface area contributed by atoms with Crippen molar-refractivity contribution in [3.8, 4) is 5.75 Å². The summed E-state index contributed by atoms with van der Waals surface area (Å²) in [4.78, 5) is 23.2. The van der Waals surface area contributed by atoms with E-state index in [4.69, 9.17) is 9.84 Å². The van der Waals surface area contributed by atoms with Crippen LogP contribution in [-0.4, -0.2) is 29.6 Å². The molecule has 5 nitrogen and oxygen atoms in total. The number of carbonyl (C=O) groups excluding carboxylic acids is 1. The van der Waals surface area contributed by atoms with Crippen LogP contribution in [-0.2, 0) is 4.79 Å². The highest BCUT2D eigenvalue weighted by Gasteiger charge is 2.24. The molecule has 116 valence electrons. The Hall–Kier alpha value is -2.04. The van der Waals surface area contributed by atoms with Crippen molar-refractivity contribution in [2.24, 2.45) is 11.8 Å². The molecule has 2 N–H and O–H groups in total. The van der Waals surface area contributed by atoms with Crippen LogP contribution in [0.2, 0.25) is 0 Å². The van der Waals surface area contributed by atoms with Crippen molar-refractivity contribution < 1.29 is 19.4 Å². The third kappa shape index (κ3) is 5.45. The number of hydrogen-bond donors (Lipinski definition) is 2. The van der Waals surface area contributed by atoms with E-state index in [2.05, 4.69) is 5.32 Å². The second kappa shape index (κ2) is 7.67. The fourth-order valence-corrected chi connectivity index (χ4v) is 1.73. The Morgan fingerprint density at radius 2 is 1.90 bits per heavy atom. The molecule has 0 aliphatic rings. The summed E-state index contributed by atoms with van der Waals surface area (Å²) in [5, 5.41) is 11.6. The average molecular weight is 293 g/mol. The normalized spacial score (nSPS) is 12.3. The fourth-order valence-electron chi connectivity index (χ4n) is 1.73. The van der Waals surface area contributed by atoms with Gasteiger partial charge in [-0.1, -0.05) is 33.8 Å². The van der Waals surface area contributed by atoms with E-state index in [0.29, 0.717) is 23.8 Å². The predicted octanol–water partition coefficient (Wildman–Crippen LogP) is 2.56. The summed E-state index contributed by atoms with van der Waals surface area (Å²) in [6.45, 7) is 8.14. The first-order chi connectivity index (χ1) is 9.81. The van der Waals surface area contributed by atoms with Gasteiger partial charge in [0.25, 0.3) is 5.91 Å². The van der Waals surface area contributed by atoms with Crippen LogP contribution >= 0.6 is 0 Å². The number of carbonyl (C=O) groups is 2. The van der Waals surface area contributed by atoms with Gasteiger partial charge < -0.3 is 15.2 Å². The van der Waals surface area contributed by atoms with Crippen LogP contribution < -0.4 is 10.1 Å². The number of ether oxygens (including phenoxy) is 1. The predicted molar refractivity (Wildman–Crippen MR) is 80.5 cm³/mol. The minimum Gasteiger partial charge on any atom is -0.493 e. The maximum atomic E-state index is 12.1. The summed E-state index contributed by atoms with van der Waals surface area (Å²) in [6, 6.07) is 5.84. The Balaban J connectivity index is 2.78. The molecule has 0 saturated heterocycles. The SMILES string of the molecule is CC(C)COc1cccc(C(=O)N[C@@H](C(=O)O)C(C)C)c1. The van der Waals surface area contributed by atoms with Crippen LogP contribution in [0.25, 0.3) is 0 Å². The first kappa shape index (κ1) is 17.0. The number of aliphatic carboxylic acids is 1. The van der Waals surface area contributed by atoms with Crippen LogP contribution in [0.4, 0.5) is 0 Å². The Morgan fingerprint density at radius 3 is 2.43 bits per heavy atom. The van der Waals surface area contributed by atoms with Crippen LogP contribution in [0.1, 0.15) is 38.1 Å². The van der Waals surface area contributed by atoms with Gasteiger partial charge in [0.15, 0.2) is 0 Å². The Morgan fingerprint density at radius 1 is 1.24 bits per heavy atom. The molecule has 0 radical (unpaired) electrons. The minimum absolute atomic E-state index is 0.188. The van der Waals surface area contributed by atoms with Gasteiger partial charge >= 0.3 is 5.97 Å². The number of benzene rings is 1. The van der Waals surface area contributed by atoms with Crippen LogP contribution in [0.3, 0.4) is 0 Å². The van der Waals surface area contributed by atoms with Gasteiger partial charge in [0.05, 0.1) is 6.61 Å². The van der Waals surface area contributed by atoms with Gasteiger partial charge in [-0.25, -0.2) is 4.79 Å². The molecule has 1 atom stereocenters. The molecule has 0 aliphatic carbocycles. The molecule has 0 heterocycles. The van der Waals surface area contributed by atoms with E-state index in [9.17, 15) is 9.59 Å². The molecule has 0 aromatic heterocycles. The molecular formula is C16H23NO4. The van der Waals surface area contributed by atoms with E-state index in [1.165, 1.54) is 0 Å². The fraction of sp³-hybridized carbons (Fsp3) is 0.500. The van der Waals surface area contributed by atoms with Gasteiger partial charge in [0.1, 0.15) is 11.8 Å². The molecule has 1 aromatic rings. The summed E-state index contributed by atoms with van der Waals surface area (Å²) in [6.07, 6.45) is 0. The number of carboxylic acids is 1. The molecule has 1 amide bonds. The highest BCUT2D eigenvalue weighted by molar-refractivity contribution is 5.96. The number of amides is 1. The van der Waals surface area contributed by atoms with Crippen molar-refractivity contribution in [1.82, 2.24) is 5.32 Å². The van der Waals surface area contributed by atoms with E-state index in [1.54, 1.807) is 38.1 Å². The van der Waals surface area contributed by atoms with Gasteiger partial charge in [0.2, 0.25) is 0 Å². The highest BCUT2D eigenvalue weighted by Crippen LogP contribution is 2.15. The number of carboxylic acid groups (broad SMARTS) is 1. The van der Waals surface area contributed by atoms with Gasteiger partial charge in [-0.15, -0.1) is 0 Å². The van der Waals surface area contributed by atoms with Crippen molar-refractivity contribution in [2.45, 2.75) is 33.7 Å². The Kier molecular flexibility index (Phi) is 6.21.